The second kappa shape index (κ2) is 16.6. The zero-order valence-electron chi connectivity index (χ0n) is 18.1. The first-order valence-electron chi connectivity index (χ1n) is 11.1. The summed E-state index contributed by atoms with van der Waals surface area (Å²) >= 11 is 0. The number of hydrogen-bond donors (Lipinski definition) is 1. The zero-order valence-corrected chi connectivity index (χ0v) is 18.1. The third kappa shape index (κ3) is 12.7. The van der Waals surface area contributed by atoms with E-state index in [1.807, 2.05) is 0 Å². The van der Waals surface area contributed by atoms with Crippen molar-refractivity contribution in [2.75, 3.05) is 0 Å². The highest BCUT2D eigenvalue weighted by atomic mass is 16.5. The van der Waals surface area contributed by atoms with E-state index < -0.39 is 0 Å². The van der Waals surface area contributed by atoms with E-state index in [9.17, 15) is 9.90 Å². The van der Waals surface area contributed by atoms with Gasteiger partial charge in [0.2, 0.25) is 0 Å². The molecule has 0 aliphatic carbocycles. The Hall–Kier alpha value is -2.29. The largest absolute Gasteiger partial charge is 0.508 e. The summed E-state index contributed by atoms with van der Waals surface area (Å²) in [5.41, 5.74) is 0.705. The van der Waals surface area contributed by atoms with Crippen LogP contribution in [-0.2, 0) is 4.79 Å². The SMILES string of the molecule is C=Cc1ccc(O)cc1OC(=O)CCCCCCC/C=C\C/C=C\CCCCC. The molecular weight excluding hydrogens is 360 g/mol. The van der Waals surface area contributed by atoms with Gasteiger partial charge < -0.3 is 9.84 Å². The topological polar surface area (TPSA) is 46.5 Å². The van der Waals surface area contributed by atoms with Gasteiger partial charge in [-0.25, -0.2) is 0 Å². The summed E-state index contributed by atoms with van der Waals surface area (Å²) < 4.78 is 5.35. The zero-order chi connectivity index (χ0) is 21.2. The van der Waals surface area contributed by atoms with Crippen LogP contribution in [0.15, 0.2) is 49.1 Å². The normalized spacial score (nSPS) is 11.3. The van der Waals surface area contributed by atoms with Gasteiger partial charge in [-0.3, -0.25) is 4.79 Å². The van der Waals surface area contributed by atoms with E-state index in [2.05, 4.69) is 37.8 Å². The van der Waals surface area contributed by atoms with Gasteiger partial charge in [0.15, 0.2) is 0 Å². The molecule has 160 valence electrons. The molecule has 0 atom stereocenters. The van der Waals surface area contributed by atoms with Crippen LogP contribution in [0.25, 0.3) is 6.08 Å². The van der Waals surface area contributed by atoms with Crippen molar-refractivity contribution in [3.63, 3.8) is 0 Å². The van der Waals surface area contributed by atoms with Crippen molar-refractivity contribution in [1.82, 2.24) is 0 Å². The number of rotatable bonds is 16. The lowest BCUT2D eigenvalue weighted by molar-refractivity contribution is -0.134. The van der Waals surface area contributed by atoms with Crippen LogP contribution in [0, 0.1) is 0 Å². The van der Waals surface area contributed by atoms with Gasteiger partial charge in [-0.1, -0.05) is 76.0 Å². The Balaban J connectivity index is 2.02. The average molecular weight is 399 g/mol. The Morgan fingerprint density at radius 1 is 0.966 bits per heavy atom. The molecule has 3 heteroatoms. The van der Waals surface area contributed by atoms with Gasteiger partial charge in [0, 0.05) is 18.1 Å². The van der Waals surface area contributed by atoms with Crippen molar-refractivity contribution in [2.24, 2.45) is 0 Å². The van der Waals surface area contributed by atoms with Gasteiger partial charge in [0.25, 0.3) is 0 Å². The minimum atomic E-state index is -0.260. The monoisotopic (exact) mass is 398 g/mol. The molecule has 0 radical (unpaired) electrons. The van der Waals surface area contributed by atoms with E-state index in [4.69, 9.17) is 4.74 Å². The molecule has 0 saturated carbocycles. The molecule has 0 aromatic heterocycles. The van der Waals surface area contributed by atoms with Crippen molar-refractivity contribution < 1.29 is 14.6 Å². The molecule has 1 N–H and O–H groups in total. The van der Waals surface area contributed by atoms with Crippen LogP contribution in [0.1, 0.15) is 89.5 Å². The number of phenols is 1. The molecule has 0 amide bonds. The summed E-state index contributed by atoms with van der Waals surface area (Å²) in [7, 11) is 0. The van der Waals surface area contributed by atoms with Gasteiger partial charge >= 0.3 is 5.97 Å². The molecule has 0 bridgehead atoms. The van der Waals surface area contributed by atoms with Gasteiger partial charge in [-0.2, -0.15) is 0 Å². The number of allylic oxidation sites excluding steroid dienone is 4. The molecule has 1 rings (SSSR count). The highest BCUT2D eigenvalue weighted by Gasteiger charge is 2.08. The van der Waals surface area contributed by atoms with Crippen molar-refractivity contribution in [3.8, 4) is 11.5 Å². The van der Waals surface area contributed by atoms with Crippen LogP contribution >= 0.6 is 0 Å². The van der Waals surface area contributed by atoms with Crippen LogP contribution in [0.4, 0.5) is 0 Å². The smallest absolute Gasteiger partial charge is 0.311 e. The first-order chi connectivity index (χ1) is 14.2. The molecule has 0 aliphatic heterocycles. The first kappa shape index (κ1) is 24.7. The average Bonchev–Trinajstić information content (AvgIpc) is 2.71. The summed E-state index contributed by atoms with van der Waals surface area (Å²) in [6.07, 6.45) is 23.8. The summed E-state index contributed by atoms with van der Waals surface area (Å²) in [6, 6.07) is 4.68. The molecule has 0 spiro atoms. The fourth-order valence-corrected chi connectivity index (χ4v) is 3.03. The van der Waals surface area contributed by atoms with Crippen LogP contribution in [-0.4, -0.2) is 11.1 Å². The fourth-order valence-electron chi connectivity index (χ4n) is 3.03. The van der Waals surface area contributed by atoms with Crippen LogP contribution in [0.5, 0.6) is 11.5 Å². The third-order valence-electron chi connectivity index (χ3n) is 4.77. The van der Waals surface area contributed by atoms with Gasteiger partial charge in [0.05, 0.1) is 0 Å². The summed E-state index contributed by atoms with van der Waals surface area (Å²) in [5, 5.41) is 9.53. The number of esters is 1. The Bertz CT molecular complexity index is 643. The number of carbonyl (C=O) groups excluding carboxylic acids is 1. The highest BCUT2D eigenvalue weighted by molar-refractivity contribution is 5.74. The van der Waals surface area contributed by atoms with E-state index >= 15 is 0 Å². The second-order valence-corrected chi connectivity index (χ2v) is 7.38. The molecule has 29 heavy (non-hydrogen) atoms. The minimum Gasteiger partial charge on any atom is -0.508 e. The lowest BCUT2D eigenvalue weighted by Gasteiger charge is -2.08. The lowest BCUT2D eigenvalue weighted by Crippen LogP contribution is -2.08. The second-order valence-electron chi connectivity index (χ2n) is 7.38. The van der Waals surface area contributed by atoms with E-state index in [0.717, 1.165) is 32.1 Å². The quantitative estimate of drug-likeness (QED) is 0.134. The van der Waals surface area contributed by atoms with E-state index in [-0.39, 0.29) is 11.7 Å². The van der Waals surface area contributed by atoms with Crippen molar-refractivity contribution >= 4 is 12.0 Å². The van der Waals surface area contributed by atoms with E-state index in [1.54, 1.807) is 18.2 Å². The van der Waals surface area contributed by atoms with E-state index in [1.165, 1.54) is 44.6 Å². The Kier molecular flexibility index (Phi) is 14.2. The highest BCUT2D eigenvalue weighted by Crippen LogP contribution is 2.25. The Morgan fingerprint density at radius 2 is 1.62 bits per heavy atom. The predicted molar refractivity (Wildman–Crippen MR) is 123 cm³/mol. The standard InChI is InChI=1S/C26H38O3/c1-3-5-6-7-8-9-10-11-12-13-14-15-16-17-18-19-26(28)29-25-22-24(27)21-20-23(25)4-2/h4,8-9,11-12,20-22,27H,2-3,5-7,10,13-19H2,1H3/b9-8-,12-11-. The minimum absolute atomic E-state index is 0.0791. The van der Waals surface area contributed by atoms with E-state index in [0.29, 0.717) is 17.7 Å². The number of hydrogen-bond acceptors (Lipinski definition) is 3. The number of unbranched alkanes of at least 4 members (excludes halogenated alkanes) is 8. The first-order valence-corrected chi connectivity index (χ1v) is 11.1. The van der Waals surface area contributed by atoms with Crippen molar-refractivity contribution in [2.45, 2.75) is 84.0 Å². The van der Waals surface area contributed by atoms with Gasteiger partial charge in [-0.15, -0.1) is 0 Å². The fraction of sp³-hybridized carbons (Fsp3) is 0.500. The number of carbonyl (C=O) groups is 1. The number of phenolic OH excluding ortho intramolecular Hbond substituents is 1. The molecule has 1 aromatic rings. The summed E-state index contributed by atoms with van der Waals surface area (Å²) in [4.78, 5) is 12.0. The molecular formula is C26H38O3. The molecule has 3 nitrogen and oxygen atoms in total. The summed E-state index contributed by atoms with van der Waals surface area (Å²) in [5.74, 6) is 0.187. The lowest BCUT2D eigenvalue weighted by atomic mass is 10.1. The van der Waals surface area contributed by atoms with Crippen LogP contribution in [0.2, 0.25) is 0 Å². The van der Waals surface area contributed by atoms with Crippen LogP contribution < -0.4 is 4.74 Å². The summed E-state index contributed by atoms with van der Waals surface area (Å²) in [6.45, 7) is 5.93. The number of ether oxygens (including phenoxy) is 1. The van der Waals surface area contributed by atoms with Crippen molar-refractivity contribution in [1.29, 1.82) is 0 Å². The van der Waals surface area contributed by atoms with Gasteiger partial charge in [-0.05, 0) is 50.7 Å². The Labute approximate surface area is 177 Å². The van der Waals surface area contributed by atoms with Gasteiger partial charge in [0.1, 0.15) is 11.5 Å². The maximum atomic E-state index is 12.0. The third-order valence-corrected chi connectivity index (χ3v) is 4.77. The predicted octanol–water partition coefficient (Wildman–Crippen LogP) is 7.75. The molecule has 0 heterocycles. The number of benzene rings is 1. The maximum Gasteiger partial charge on any atom is 0.311 e. The number of aromatic hydroxyl groups is 1. The molecule has 0 unspecified atom stereocenters. The molecule has 1 aromatic carbocycles. The maximum absolute atomic E-state index is 12.0. The van der Waals surface area contributed by atoms with Crippen LogP contribution in [0.3, 0.4) is 0 Å². The molecule has 0 aliphatic rings. The van der Waals surface area contributed by atoms with Crippen molar-refractivity contribution in [3.05, 3.63) is 54.6 Å². The Morgan fingerprint density at radius 3 is 2.31 bits per heavy atom. The molecule has 0 fully saturated rings. The molecule has 0 saturated heterocycles.